The van der Waals surface area contributed by atoms with E-state index in [1.54, 1.807) is 0 Å². The average molecular weight is 249 g/mol. The first-order valence-corrected chi connectivity index (χ1v) is 7.00. The number of nitrogens with one attached hydrogen (secondary N) is 2. The van der Waals surface area contributed by atoms with Crippen LogP contribution in [0.15, 0.2) is 24.3 Å². The molecule has 3 heteroatoms. The monoisotopic (exact) mass is 249 g/mol. The molecule has 0 aliphatic rings. The number of hydrogen-bond acceptors (Lipinski definition) is 3. The summed E-state index contributed by atoms with van der Waals surface area (Å²) in [6, 6.07) is 8.71. The summed E-state index contributed by atoms with van der Waals surface area (Å²) in [5, 5.41) is 6.89. The van der Waals surface area contributed by atoms with Gasteiger partial charge in [0.25, 0.3) is 0 Å². The molecule has 3 nitrogen and oxygen atoms in total. The van der Waals surface area contributed by atoms with Crippen LogP contribution in [0.1, 0.15) is 33.6 Å². The molecule has 0 heterocycles. The van der Waals surface area contributed by atoms with Gasteiger partial charge in [0.1, 0.15) is 0 Å². The van der Waals surface area contributed by atoms with Gasteiger partial charge in [-0.15, -0.1) is 0 Å². The Morgan fingerprint density at radius 1 is 1.17 bits per heavy atom. The maximum atomic E-state index is 5.61. The Morgan fingerprint density at radius 2 is 1.83 bits per heavy atom. The van der Waals surface area contributed by atoms with Crippen molar-refractivity contribution in [2.75, 3.05) is 23.7 Å². The van der Waals surface area contributed by atoms with E-state index in [1.165, 1.54) is 18.5 Å². The highest BCUT2D eigenvalue weighted by Crippen LogP contribution is 2.17. The van der Waals surface area contributed by atoms with Gasteiger partial charge in [0.2, 0.25) is 0 Å². The van der Waals surface area contributed by atoms with Gasteiger partial charge < -0.3 is 16.4 Å². The molecule has 1 rings (SSSR count). The summed E-state index contributed by atoms with van der Waals surface area (Å²) in [5.74, 6) is 0.754. The maximum absolute atomic E-state index is 5.61. The van der Waals surface area contributed by atoms with E-state index in [9.17, 15) is 0 Å². The number of hydrogen-bond donors (Lipinski definition) is 3. The topological polar surface area (TPSA) is 50.1 Å². The molecule has 1 atom stereocenters. The fourth-order valence-electron chi connectivity index (χ4n) is 1.90. The van der Waals surface area contributed by atoms with Crippen molar-refractivity contribution in [1.82, 2.24) is 0 Å². The molecule has 1 aromatic rings. The lowest BCUT2D eigenvalue weighted by Crippen LogP contribution is -2.25. The Hall–Kier alpha value is -1.22. The van der Waals surface area contributed by atoms with Gasteiger partial charge in [-0.3, -0.25) is 0 Å². The van der Waals surface area contributed by atoms with Gasteiger partial charge in [-0.1, -0.05) is 32.8 Å². The first-order valence-electron chi connectivity index (χ1n) is 7.00. The van der Waals surface area contributed by atoms with Gasteiger partial charge in [0.15, 0.2) is 0 Å². The molecule has 0 saturated heterocycles. The van der Waals surface area contributed by atoms with Gasteiger partial charge in [0.05, 0.1) is 0 Å². The van der Waals surface area contributed by atoms with E-state index in [4.69, 9.17) is 5.73 Å². The molecule has 0 bridgehead atoms. The van der Waals surface area contributed by atoms with Crippen LogP contribution in [0.5, 0.6) is 0 Å². The van der Waals surface area contributed by atoms with Gasteiger partial charge >= 0.3 is 0 Å². The smallest absolute Gasteiger partial charge is 0.0363 e. The van der Waals surface area contributed by atoms with Crippen molar-refractivity contribution in [3.8, 4) is 0 Å². The van der Waals surface area contributed by atoms with E-state index in [-0.39, 0.29) is 0 Å². The summed E-state index contributed by atoms with van der Waals surface area (Å²) in [5.41, 5.74) is 7.92. The zero-order valence-corrected chi connectivity index (χ0v) is 11.9. The first kappa shape index (κ1) is 14.8. The number of anilines is 2. The number of benzene rings is 1. The summed E-state index contributed by atoms with van der Waals surface area (Å²) < 4.78 is 0. The molecular weight excluding hydrogens is 222 g/mol. The quantitative estimate of drug-likeness (QED) is 0.662. The fourth-order valence-corrected chi connectivity index (χ4v) is 1.90. The van der Waals surface area contributed by atoms with Crippen LogP contribution in [0.25, 0.3) is 0 Å². The normalized spacial score (nSPS) is 12.5. The molecule has 0 aliphatic carbocycles. The lowest BCUT2D eigenvalue weighted by molar-refractivity contribution is 0.519. The molecular formula is C15H27N3. The summed E-state index contributed by atoms with van der Waals surface area (Å²) in [7, 11) is 0. The molecule has 0 fully saturated rings. The second-order valence-corrected chi connectivity index (χ2v) is 4.93. The molecule has 0 saturated carbocycles. The molecule has 0 unspecified atom stereocenters. The molecule has 4 N–H and O–H groups in total. The van der Waals surface area contributed by atoms with E-state index in [2.05, 4.69) is 55.7 Å². The Labute approximate surface area is 111 Å². The van der Waals surface area contributed by atoms with Crippen LogP contribution in [-0.4, -0.2) is 19.1 Å². The highest BCUT2D eigenvalue weighted by molar-refractivity contribution is 5.57. The molecule has 0 aromatic heterocycles. The lowest BCUT2D eigenvalue weighted by atomic mass is 10.0. The van der Waals surface area contributed by atoms with Crippen molar-refractivity contribution in [1.29, 1.82) is 0 Å². The van der Waals surface area contributed by atoms with Gasteiger partial charge in [0, 0.05) is 30.5 Å². The third kappa shape index (κ3) is 4.96. The summed E-state index contributed by atoms with van der Waals surface area (Å²) in [6.07, 6.45) is 2.46. The zero-order chi connectivity index (χ0) is 13.4. The molecule has 0 aliphatic heterocycles. The predicted molar refractivity (Wildman–Crippen MR) is 81.1 cm³/mol. The zero-order valence-electron chi connectivity index (χ0n) is 11.9. The lowest BCUT2D eigenvalue weighted by Gasteiger charge is -2.16. The minimum absolute atomic E-state index is 0.305. The highest BCUT2D eigenvalue weighted by Gasteiger charge is 2.04. The SMILES string of the molecule is CCC(CC)CNc1cccc(N[C@H](C)CN)c1. The fraction of sp³-hybridized carbons (Fsp3) is 0.600. The Kier molecular flexibility index (Phi) is 6.58. The van der Waals surface area contributed by atoms with Crippen LogP contribution in [0.3, 0.4) is 0 Å². The summed E-state index contributed by atoms with van der Waals surface area (Å²) >= 11 is 0. The second kappa shape index (κ2) is 7.98. The third-order valence-electron chi connectivity index (χ3n) is 3.38. The second-order valence-electron chi connectivity index (χ2n) is 4.93. The Morgan fingerprint density at radius 3 is 2.44 bits per heavy atom. The van der Waals surface area contributed by atoms with Crippen LogP contribution in [-0.2, 0) is 0 Å². The standard InChI is InChI=1S/C15H27N3/c1-4-13(5-2)11-17-14-7-6-8-15(9-14)18-12(3)10-16/h6-9,12-13,17-18H,4-5,10-11,16H2,1-3H3/t12-/m1/s1. The average Bonchev–Trinajstić information content (AvgIpc) is 2.40. The van der Waals surface area contributed by atoms with Gasteiger partial charge in [-0.05, 0) is 31.0 Å². The van der Waals surface area contributed by atoms with Crippen LogP contribution in [0.4, 0.5) is 11.4 Å². The first-order chi connectivity index (χ1) is 8.69. The van der Waals surface area contributed by atoms with E-state index < -0.39 is 0 Å². The van der Waals surface area contributed by atoms with Crippen LogP contribution in [0.2, 0.25) is 0 Å². The molecule has 0 amide bonds. The number of rotatable bonds is 8. The van der Waals surface area contributed by atoms with Crippen molar-refractivity contribution in [3.63, 3.8) is 0 Å². The van der Waals surface area contributed by atoms with Crippen molar-refractivity contribution in [2.24, 2.45) is 11.7 Å². The molecule has 18 heavy (non-hydrogen) atoms. The van der Waals surface area contributed by atoms with Crippen molar-refractivity contribution < 1.29 is 0 Å². The van der Waals surface area contributed by atoms with E-state index in [1.807, 2.05) is 0 Å². The van der Waals surface area contributed by atoms with Gasteiger partial charge in [-0.25, -0.2) is 0 Å². The molecule has 0 radical (unpaired) electrons. The van der Waals surface area contributed by atoms with Crippen molar-refractivity contribution >= 4 is 11.4 Å². The molecule has 0 spiro atoms. The third-order valence-corrected chi connectivity index (χ3v) is 3.38. The minimum Gasteiger partial charge on any atom is -0.385 e. The Balaban J connectivity index is 2.53. The highest BCUT2D eigenvalue weighted by atomic mass is 14.9. The van der Waals surface area contributed by atoms with Gasteiger partial charge in [-0.2, -0.15) is 0 Å². The van der Waals surface area contributed by atoms with Crippen LogP contribution < -0.4 is 16.4 Å². The minimum atomic E-state index is 0.305. The maximum Gasteiger partial charge on any atom is 0.0363 e. The largest absolute Gasteiger partial charge is 0.385 e. The van der Waals surface area contributed by atoms with Crippen LogP contribution in [0, 0.1) is 5.92 Å². The predicted octanol–water partition coefficient (Wildman–Crippen LogP) is 3.29. The molecule has 102 valence electrons. The van der Waals surface area contributed by atoms with Crippen molar-refractivity contribution in [2.45, 2.75) is 39.7 Å². The van der Waals surface area contributed by atoms with Crippen LogP contribution >= 0.6 is 0 Å². The van der Waals surface area contributed by atoms with E-state index in [0.717, 1.165) is 18.2 Å². The Bertz CT molecular complexity index is 334. The summed E-state index contributed by atoms with van der Waals surface area (Å²) in [6.45, 7) is 8.27. The summed E-state index contributed by atoms with van der Waals surface area (Å²) in [4.78, 5) is 0. The van der Waals surface area contributed by atoms with E-state index in [0.29, 0.717) is 12.6 Å². The van der Waals surface area contributed by atoms with Crippen molar-refractivity contribution in [3.05, 3.63) is 24.3 Å². The number of nitrogens with two attached hydrogens (primary N) is 1. The molecule has 1 aromatic carbocycles. The van der Waals surface area contributed by atoms with E-state index >= 15 is 0 Å².